The highest BCUT2D eigenvalue weighted by Crippen LogP contribution is 1.99. The molecule has 0 aliphatic rings. The predicted molar refractivity (Wildman–Crippen MR) is 64.4 cm³/mol. The molecular formula is C12H15NSi. The molecule has 0 aliphatic carbocycles. The zero-order valence-corrected chi connectivity index (χ0v) is 9.91. The first-order valence-electron chi connectivity index (χ1n) is 4.67. The molecule has 0 spiro atoms. The van der Waals surface area contributed by atoms with Gasteiger partial charge in [0.2, 0.25) is 0 Å². The third-order valence-electron chi connectivity index (χ3n) is 1.49. The maximum Gasteiger partial charge on any atom is 0.129 e. The van der Waals surface area contributed by atoms with E-state index in [0.29, 0.717) is 0 Å². The zero-order chi connectivity index (χ0) is 10.4. The summed E-state index contributed by atoms with van der Waals surface area (Å²) >= 11 is 0. The van der Waals surface area contributed by atoms with Crippen LogP contribution in [0, 0.1) is 11.5 Å². The monoisotopic (exact) mass is 201 g/mol. The third-order valence-corrected chi connectivity index (χ3v) is 2.39. The molecule has 0 N–H and O–H groups in total. The van der Waals surface area contributed by atoms with E-state index in [4.69, 9.17) is 0 Å². The normalized spacial score (nSPS) is 11.1. The highest BCUT2D eigenvalue weighted by molar-refractivity contribution is 6.83. The predicted octanol–water partition coefficient (Wildman–Crippen LogP) is 2.98. The Kier molecular flexibility index (Phi) is 3.67. The fourth-order valence-corrected chi connectivity index (χ4v) is 1.39. The molecule has 72 valence electrons. The Bertz CT molecular complexity index is 363. The average molecular weight is 201 g/mol. The first-order valence-corrected chi connectivity index (χ1v) is 8.17. The fraction of sp³-hybridized carbons (Fsp3) is 0.250. The van der Waals surface area contributed by atoms with Crippen LogP contribution in [0.1, 0.15) is 5.56 Å². The van der Waals surface area contributed by atoms with Crippen molar-refractivity contribution in [1.82, 2.24) is 4.98 Å². The van der Waals surface area contributed by atoms with Crippen molar-refractivity contribution in [1.29, 1.82) is 0 Å². The van der Waals surface area contributed by atoms with Gasteiger partial charge in [-0.05, 0) is 23.8 Å². The van der Waals surface area contributed by atoms with Gasteiger partial charge in [-0.1, -0.05) is 31.6 Å². The highest BCUT2D eigenvalue weighted by atomic mass is 28.3. The Balaban J connectivity index is 2.61. The second kappa shape index (κ2) is 4.78. The Morgan fingerprint density at radius 3 is 2.71 bits per heavy atom. The maximum atomic E-state index is 4.02. The van der Waals surface area contributed by atoms with Crippen LogP contribution in [-0.4, -0.2) is 13.1 Å². The molecule has 14 heavy (non-hydrogen) atoms. The van der Waals surface area contributed by atoms with E-state index in [2.05, 4.69) is 36.1 Å². The van der Waals surface area contributed by atoms with Gasteiger partial charge in [-0.25, -0.2) is 0 Å². The lowest BCUT2D eigenvalue weighted by atomic mass is 10.3. The summed E-state index contributed by atoms with van der Waals surface area (Å²) in [4.78, 5) is 4.02. The summed E-state index contributed by atoms with van der Waals surface area (Å²) < 4.78 is 0. The number of hydrogen-bond donors (Lipinski definition) is 0. The van der Waals surface area contributed by atoms with Gasteiger partial charge in [0, 0.05) is 12.4 Å². The number of nitrogens with zero attached hydrogens (tertiary/aromatic N) is 1. The first kappa shape index (κ1) is 10.7. The van der Waals surface area contributed by atoms with E-state index in [9.17, 15) is 0 Å². The first-order chi connectivity index (χ1) is 6.58. The fourth-order valence-electron chi connectivity index (χ4n) is 0.871. The smallest absolute Gasteiger partial charge is 0.129 e. The van der Waals surface area contributed by atoms with Crippen molar-refractivity contribution in [2.45, 2.75) is 19.6 Å². The summed E-state index contributed by atoms with van der Waals surface area (Å²) in [6.07, 6.45) is 7.48. The van der Waals surface area contributed by atoms with Gasteiger partial charge in [-0.15, -0.1) is 5.54 Å². The third kappa shape index (κ3) is 4.63. The lowest BCUT2D eigenvalue weighted by molar-refractivity contribution is 1.32. The van der Waals surface area contributed by atoms with Gasteiger partial charge < -0.3 is 0 Å². The Morgan fingerprint density at radius 2 is 2.14 bits per heavy atom. The van der Waals surface area contributed by atoms with E-state index in [1.54, 1.807) is 6.20 Å². The molecule has 0 saturated carbocycles. The molecule has 0 unspecified atom stereocenters. The molecule has 0 atom stereocenters. The van der Waals surface area contributed by atoms with E-state index in [1.807, 2.05) is 30.5 Å². The van der Waals surface area contributed by atoms with Crippen molar-refractivity contribution < 1.29 is 0 Å². The molecule has 0 bridgehead atoms. The Labute approximate surface area is 86.9 Å². The quantitative estimate of drug-likeness (QED) is 0.503. The topological polar surface area (TPSA) is 12.9 Å². The number of rotatable bonds is 1. The molecule has 0 fully saturated rings. The maximum absolute atomic E-state index is 4.02. The van der Waals surface area contributed by atoms with E-state index in [1.165, 1.54) is 0 Å². The van der Waals surface area contributed by atoms with Crippen LogP contribution in [0.2, 0.25) is 19.6 Å². The van der Waals surface area contributed by atoms with Crippen LogP contribution in [0.3, 0.4) is 0 Å². The standard InChI is InChI=1S/C12H15NSi/c1-14(2,3)10-5-4-7-12-8-6-9-13-11-12/h4,6-9,11H,1-3H3/b7-4-. The van der Waals surface area contributed by atoms with Gasteiger partial charge in [0.25, 0.3) is 0 Å². The molecule has 0 radical (unpaired) electrons. The van der Waals surface area contributed by atoms with Crippen molar-refractivity contribution in [2.75, 3.05) is 0 Å². The zero-order valence-electron chi connectivity index (χ0n) is 8.91. The summed E-state index contributed by atoms with van der Waals surface area (Å²) in [6.45, 7) is 6.70. The van der Waals surface area contributed by atoms with Crippen molar-refractivity contribution in [3.05, 3.63) is 36.2 Å². The van der Waals surface area contributed by atoms with Crippen LogP contribution in [0.5, 0.6) is 0 Å². The Morgan fingerprint density at radius 1 is 1.36 bits per heavy atom. The summed E-state index contributed by atoms with van der Waals surface area (Å²) in [5, 5.41) is 0. The second-order valence-corrected chi connectivity index (χ2v) is 8.89. The van der Waals surface area contributed by atoms with Crippen molar-refractivity contribution in [3.63, 3.8) is 0 Å². The molecule has 2 heteroatoms. The number of pyridine rings is 1. The minimum Gasteiger partial charge on any atom is -0.264 e. The highest BCUT2D eigenvalue weighted by Gasteiger charge is 2.06. The van der Waals surface area contributed by atoms with Gasteiger partial charge in [0.1, 0.15) is 8.07 Å². The van der Waals surface area contributed by atoms with E-state index in [-0.39, 0.29) is 0 Å². The Hall–Kier alpha value is -1.33. The van der Waals surface area contributed by atoms with Crippen LogP contribution in [-0.2, 0) is 0 Å². The molecule has 0 amide bonds. The summed E-state index contributed by atoms with van der Waals surface area (Å²) in [5.41, 5.74) is 4.37. The number of aromatic nitrogens is 1. The van der Waals surface area contributed by atoms with Crippen molar-refractivity contribution in [2.24, 2.45) is 0 Å². The molecule has 0 saturated heterocycles. The van der Waals surface area contributed by atoms with Crippen LogP contribution in [0.4, 0.5) is 0 Å². The van der Waals surface area contributed by atoms with Gasteiger partial charge in [-0.2, -0.15) is 0 Å². The van der Waals surface area contributed by atoms with Crippen LogP contribution in [0.25, 0.3) is 6.08 Å². The minimum absolute atomic E-state index is 1.09. The summed E-state index contributed by atoms with van der Waals surface area (Å²) in [7, 11) is -1.22. The molecule has 1 aromatic heterocycles. The average Bonchev–Trinajstić information content (AvgIpc) is 2.13. The molecule has 1 rings (SSSR count). The molecule has 0 aromatic carbocycles. The number of hydrogen-bond acceptors (Lipinski definition) is 1. The molecular weight excluding hydrogens is 186 g/mol. The SMILES string of the molecule is C[Si](C)(C)C#C/C=C\c1cccnc1. The van der Waals surface area contributed by atoms with Crippen LogP contribution < -0.4 is 0 Å². The van der Waals surface area contributed by atoms with E-state index >= 15 is 0 Å². The lowest BCUT2D eigenvalue weighted by Crippen LogP contribution is -2.16. The van der Waals surface area contributed by atoms with E-state index < -0.39 is 8.07 Å². The molecule has 1 nitrogen and oxygen atoms in total. The van der Waals surface area contributed by atoms with Crippen molar-refractivity contribution in [3.8, 4) is 11.5 Å². The van der Waals surface area contributed by atoms with Gasteiger partial charge in [-0.3, -0.25) is 4.98 Å². The van der Waals surface area contributed by atoms with Crippen molar-refractivity contribution >= 4 is 14.1 Å². The van der Waals surface area contributed by atoms with Crippen LogP contribution >= 0.6 is 0 Å². The molecule has 1 aromatic rings. The van der Waals surface area contributed by atoms with Gasteiger partial charge in [0.05, 0.1) is 0 Å². The van der Waals surface area contributed by atoms with E-state index in [0.717, 1.165) is 5.56 Å². The summed E-state index contributed by atoms with van der Waals surface area (Å²) in [6, 6.07) is 3.94. The number of allylic oxidation sites excluding steroid dienone is 1. The minimum atomic E-state index is -1.22. The van der Waals surface area contributed by atoms with Gasteiger partial charge in [0.15, 0.2) is 0 Å². The van der Waals surface area contributed by atoms with Crippen LogP contribution in [0.15, 0.2) is 30.6 Å². The lowest BCUT2D eigenvalue weighted by Gasteiger charge is -2.02. The molecule has 1 heterocycles. The molecule has 0 aliphatic heterocycles. The second-order valence-electron chi connectivity index (χ2n) is 4.14. The van der Waals surface area contributed by atoms with Gasteiger partial charge >= 0.3 is 0 Å². The largest absolute Gasteiger partial charge is 0.264 e. The summed E-state index contributed by atoms with van der Waals surface area (Å²) in [5.74, 6) is 3.08.